The first-order chi connectivity index (χ1) is 32.6. The molecular weight excluding hydrogens is 915 g/mol. The molecule has 6 unspecified atom stereocenters. The lowest BCUT2D eigenvalue weighted by Crippen LogP contribution is -2.61. The van der Waals surface area contributed by atoms with E-state index in [1.807, 2.05) is 45.0 Å². The lowest BCUT2D eigenvalue weighted by molar-refractivity contribution is -0.142. The highest BCUT2D eigenvalue weighted by Crippen LogP contribution is 2.22. The number of hydrogen-bond acceptors (Lipinski definition) is 12. The van der Waals surface area contributed by atoms with Crippen LogP contribution in [0, 0.1) is 11.8 Å². The van der Waals surface area contributed by atoms with E-state index < -0.39 is 133 Å². The van der Waals surface area contributed by atoms with Gasteiger partial charge in [0.1, 0.15) is 42.3 Å². The van der Waals surface area contributed by atoms with E-state index in [1.54, 1.807) is 13.8 Å². The van der Waals surface area contributed by atoms with Crippen molar-refractivity contribution in [2.24, 2.45) is 29.0 Å². The fourth-order valence-corrected chi connectivity index (χ4v) is 8.78. The SMILES string of the molecule is CCc1ccc(CC2NC(=O)CCSCCC(C(=O)N3CCC[C@H]3C(=O)N[C@@H](CC(C)C)C(=O)NCC(N)=O)NC(=O)C(CC(N)=O)NC(=O)C(CCC(N)=O)NC(=O)C(C(C)CC)NC2=O)cc1. The van der Waals surface area contributed by atoms with Gasteiger partial charge < -0.3 is 59.3 Å². The highest BCUT2D eigenvalue weighted by atomic mass is 32.2. The molecule has 0 spiro atoms. The number of nitrogens with two attached hydrogens (primary N) is 3. The maximum absolute atomic E-state index is 14.5. The first kappa shape index (κ1) is 57.1. The number of thioether (sulfide) groups is 1. The van der Waals surface area contributed by atoms with Gasteiger partial charge in [0.15, 0.2) is 0 Å². The second-order valence-corrected chi connectivity index (χ2v) is 19.2. The molecule has 11 amide bonds. The van der Waals surface area contributed by atoms with Crippen LogP contribution in [-0.4, -0.2) is 137 Å². The highest BCUT2D eigenvalue weighted by molar-refractivity contribution is 7.99. The minimum absolute atomic E-state index is 0.0580. The topological polar surface area (TPSA) is 353 Å². The van der Waals surface area contributed by atoms with Crippen LogP contribution in [0.5, 0.6) is 0 Å². The Hall–Kier alpha value is -6.26. The number of carbonyl (C=O) groups excluding carboxylic acids is 11. The molecule has 2 aliphatic heterocycles. The number of aryl methyl sites for hydroxylation is 1. The Balaban J connectivity index is 2.02. The zero-order valence-electron chi connectivity index (χ0n) is 40.2. The molecule has 0 bridgehead atoms. The van der Waals surface area contributed by atoms with Gasteiger partial charge in [0.25, 0.3) is 0 Å². The number of benzene rings is 1. The maximum atomic E-state index is 14.5. The van der Waals surface area contributed by atoms with Crippen molar-refractivity contribution >= 4 is 76.7 Å². The lowest BCUT2D eigenvalue weighted by Gasteiger charge is -2.31. The van der Waals surface area contributed by atoms with Crippen molar-refractivity contribution in [1.29, 1.82) is 0 Å². The molecule has 382 valence electrons. The van der Waals surface area contributed by atoms with E-state index in [4.69, 9.17) is 17.2 Å². The largest absolute Gasteiger partial charge is 0.370 e. The molecule has 0 aromatic heterocycles. The summed E-state index contributed by atoms with van der Waals surface area (Å²) < 4.78 is 0. The zero-order chi connectivity index (χ0) is 51.4. The Morgan fingerprint density at radius 2 is 1.39 bits per heavy atom. The van der Waals surface area contributed by atoms with Gasteiger partial charge in [-0.25, -0.2) is 0 Å². The van der Waals surface area contributed by atoms with Gasteiger partial charge in [0.2, 0.25) is 65.0 Å². The minimum atomic E-state index is -1.70. The summed E-state index contributed by atoms with van der Waals surface area (Å²) in [5.74, 6) is -8.76. The van der Waals surface area contributed by atoms with Gasteiger partial charge in [-0.3, -0.25) is 52.7 Å². The normalized spacial score (nSPS) is 23.2. The number of likely N-dealkylation sites (tertiary alicyclic amines) is 1. The molecule has 1 aromatic rings. The fraction of sp³-hybridized carbons (Fsp3) is 0.630. The van der Waals surface area contributed by atoms with Crippen molar-refractivity contribution in [1.82, 2.24) is 42.1 Å². The molecule has 2 fully saturated rings. The predicted octanol–water partition coefficient (Wildman–Crippen LogP) is -1.95. The second kappa shape index (κ2) is 28.3. The standard InChI is InChI=1S/C46H71N11O11S/c1-6-26(5)39-45(67)52-29(14-15-35(47)58)41(63)54-33(23-36(48)59)42(64)53-30(16-19-69-20-17-38(61)51-32(43(65)56-39)22-28-12-10-27(7-2)11-13-28)46(68)57-18-8-9-34(57)44(66)55-31(21-25(3)4)40(62)50-24-37(49)60/h10-13,25-26,29-34,39H,6-9,14-24H2,1-5H3,(H2,47,58)(H2,48,59)(H2,49,60)(H,50,62)(H,51,61)(H,52,67)(H,53,64)(H,54,63)(H,55,66)(H,56,65)/t26?,29?,30?,31-,32?,33?,34-,39?/m0/s1. The highest BCUT2D eigenvalue weighted by Gasteiger charge is 2.40. The molecule has 3 rings (SSSR count). The third-order valence-corrected chi connectivity index (χ3v) is 12.9. The third-order valence-electron chi connectivity index (χ3n) is 11.9. The molecule has 8 atom stereocenters. The molecule has 2 heterocycles. The van der Waals surface area contributed by atoms with Crippen LogP contribution in [-0.2, 0) is 65.6 Å². The number of nitrogens with zero attached hydrogens (tertiary/aromatic N) is 1. The van der Waals surface area contributed by atoms with Crippen LogP contribution in [0.4, 0.5) is 0 Å². The quantitative estimate of drug-likeness (QED) is 0.0768. The summed E-state index contributed by atoms with van der Waals surface area (Å²) in [6, 6.07) is -1.59. The van der Waals surface area contributed by atoms with Gasteiger partial charge in [-0.05, 0) is 67.2 Å². The molecule has 1 aromatic carbocycles. The van der Waals surface area contributed by atoms with Gasteiger partial charge in [-0.1, -0.05) is 65.3 Å². The van der Waals surface area contributed by atoms with E-state index in [1.165, 1.54) is 16.7 Å². The number of amides is 11. The smallest absolute Gasteiger partial charge is 0.245 e. The average molecular weight is 986 g/mol. The predicted molar refractivity (Wildman–Crippen MR) is 256 cm³/mol. The van der Waals surface area contributed by atoms with E-state index in [9.17, 15) is 52.7 Å². The monoisotopic (exact) mass is 986 g/mol. The van der Waals surface area contributed by atoms with Gasteiger partial charge >= 0.3 is 0 Å². The zero-order valence-corrected chi connectivity index (χ0v) is 41.0. The fourth-order valence-electron chi connectivity index (χ4n) is 7.85. The van der Waals surface area contributed by atoms with Gasteiger partial charge in [-0.2, -0.15) is 11.8 Å². The minimum Gasteiger partial charge on any atom is -0.370 e. The Morgan fingerprint density at radius 1 is 0.754 bits per heavy atom. The Kier molecular flexibility index (Phi) is 23.4. The average Bonchev–Trinajstić information content (AvgIpc) is 3.79. The molecular formula is C46H71N11O11S. The molecule has 0 saturated carbocycles. The lowest BCUT2D eigenvalue weighted by atomic mass is 9.96. The van der Waals surface area contributed by atoms with Gasteiger partial charge in [-0.15, -0.1) is 0 Å². The number of rotatable bonds is 18. The van der Waals surface area contributed by atoms with Crippen LogP contribution in [0.25, 0.3) is 0 Å². The summed E-state index contributed by atoms with van der Waals surface area (Å²) in [6.07, 6.45) is 0.423. The summed E-state index contributed by atoms with van der Waals surface area (Å²) in [4.78, 5) is 148. The van der Waals surface area contributed by atoms with Crippen LogP contribution in [0.3, 0.4) is 0 Å². The van der Waals surface area contributed by atoms with Crippen LogP contribution in [0.2, 0.25) is 0 Å². The van der Waals surface area contributed by atoms with Crippen LogP contribution in [0.15, 0.2) is 24.3 Å². The maximum Gasteiger partial charge on any atom is 0.245 e. The summed E-state index contributed by atoms with van der Waals surface area (Å²) in [5, 5.41) is 18.3. The van der Waals surface area contributed by atoms with Crippen molar-refractivity contribution < 1.29 is 52.7 Å². The molecule has 69 heavy (non-hydrogen) atoms. The summed E-state index contributed by atoms with van der Waals surface area (Å²) in [6.45, 7) is 8.80. The van der Waals surface area contributed by atoms with Crippen molar-refractivity contribution in [2.75, 3.05) is 24.6 Å². The van der Waals surface area contributed by atoms with Crippen LogP contribution in [0.1, 0.15) is 104 Å². The molecule has 2 saturated heterocycles. The van der Waals surface area contributed by atoms with E-state index in [0.29, 0.717) is 12.8 Å². The summed E-state index contributed by atoms with van der Waals surface area (Å²) in [5.41, 5.74) is 18.0. The van der Waals surface area contributed by atoms with Gasteiger partial charge in [0.05, 0.1) is 13.0 Å². The third kappa shape index (κ3) is 19.0. The summed E-state index contributed by atoms with van der Waals surface area (Å²) in [7, 11) is 0. The van der Waals surface area contributed by atoms with E-state index >= 15 is 0 Å². The Bertz CT molecular complexity index is 2020. The van der Waals surface area contributed by atoms with Crippen molar-refractivity contribution in [3.05, 3.63) is 35.4 Å². The molecule has 23 heteroatoms. The first-order valence-corrected chi connectivity index (χ1v) is 24.7. The number of carbonyl (C=O) groups is 11. The number of nitrogens with one attached hydrogen (secondary N) is 7. The first-order valence-electron chi connectivity index (χ1n) is 23.5. The second-order valence-electron chi connectivity index (χ2n) is 17.9. The van der Waals surface area contributed by atoms with Crippen LogP contribution >= 0.6 is 11.8 Å². The van der Waals surface area contributed by atoms with Crippen molar-refractivity contribution in [2.45, 2.75) is 148 Å². The summed E-state index contributed by atoms with van der Waals surface area (Å²) >= 11 is 1.27. The molecule has 22 nitrogen and oxygen atoms in total. The molecule has 0 radical (unpaired) electrons. The van der Waals surface area contributed by atoms with Crippen molar-refractivity contribution in [3.8, 4) is 0 Å². The van der Waals surface area contributed by atoms with Crippen molar-refractivity contribution in [3.63, 3.8) is 0 Å². The molecule has 2 aliphatic rings. The van der Waals surface area contributed by atoms with E-state index in [-0.39, 0.29) is 62.5 Å². The molecule has 0 aliphatic carbocycles. The van der Waals surface area contributed by atoms with E-state index in [0.717, 1.165) is 17.5 Å². The van der Waals surface area contributed by atoms with Gasteiger partial charge in [0, 0.05) is 31.6 Å². The number of hydrogen-bond donors (Lipinski definition) is 10. The van der Waals surface area contributed by atoms with E-state index in [2.05, 4.69) is 37.2 Å². The number of primary amides is 3. The molecule has 13 N–H and O–H groups in total. The Morgan fingerprint density at radius 3 is 2.00 bits per heavy atom. The van der Waals surface area contributed by atoms with Crippen LogP contribution < -0.4 is 54.4 Å². The Labute approximate surface area is 407 Å².